The predicted octanol–water partition coefficient (Wildman–Crippen LogP) is 2.76. The van der Waals surface area contributed by atoms with Crippen LogP contribution >= 0.6 is 11.8 Å². The Morgan fingerprint density at radius 3 is 2.79 bits per heavy atom. The molecule has 2 aromatic heterocycles. The summed E-state index contributed by atoms with van der Waals surface area (Å²) in [6.07, 6.45) is 3.69. The van der Waals surface area contributed by atoms with Gasteiger partial charge < -0.3 is 8.98 Å². The minimum atomic E-state index is 0.544. The lowest BCUT2D eigenvalue weighted by Crippen LogP contribution is -1.94. The SMILES string of the molecule is Cn1ccnc1CSc1nnc(-c2ccccc2)o1. The van der Waals surface area contributed by atoms with Gasteiger partial charge in [0, 0.05) is 25.0 Å². The molecule has 6 heteroatoms. The summed E-state index contributed by atoms with van der Waals surface area (Å²) in [6, 6.07) is 9.73. The fraction of sp³-hybridized carbons (Fsp3) is 0.154. The van der Waals surface area contributed by atoms with Gasteiger partial charge in [0.05, 0.1) is 5.75 Å². The monoisotopic (exact) mass is 272 g/mol. The van der Waals surface area contributed by atoms with Crippen molar-refractivity contribution in [2.45, 2.75) is 11.0 Å². The van der Waals surface area contributed by atoms with E-state index in [1.807, 2.05) is 48.1 Å². The van der Waals surface area contributed by atoms with Crippen LogP contribution < -0.4 is 0 Å². The molecule has 0 bridgehead atoms. The Kier molecular flexibility index (Phi) is 3.33. The molecule has 0 saturated carbocycles. The average molecular weight is 272 g/mol. The van der Waals surface area contributed by atoms with E-state index in [0.29, 0.717) is 16.9 Å². The Bertz CT molecular complexity index is 662. The molecular weight excluding hydrogens is 260 g/mol. The average Bonchev–Trinajstić information content (AvgIpc) is 3.06. The van der Waals surface area contributed by atoms with Crippen molar-refractivity contribution < 1.29 is 4.42 Å². The van der Waals surface area contributed by atoms with Gasteiger partial charge in [-0.05, 0) is 12.1 Å². The molecule has 0 atom stereocenters. The highest BCUT2D eigenvalue weighted by Gasteiger charge is 2.09. The Labute approximate surface area is 114 Å². The van der Waals surface area contributed by atoms with Gasteiger partial charge in [-0.25, -0.2) is 4.98 Å². The number of aromatic nitrogens is 4. The summed E-state index contributed by atoms with van der Waals surface area (Å²) in [4.78, 5) is 4.25. The molecule has 19 heavy (non-hydrogen) atoms. The number of thioether (sulfide) groups is 1. The minimum absolute atomic E-state index is 0.544. The van der Waals surface area contributed by atoms with Crippen molar-refractivity contribution in [2.24, 2.45) is 7.05 Å². The summed E-state index contributed by atoms with van der Waals surface area (Å²) in [6.45, 7) is 0. The minimum Gasteiger partial charge on any atom is -0.411 e. The quantitative estimate of drug-likeness (QED) is 0.683. The lowest BCUT2D eigenvalue weighted by Gasteiger charge is -1.97. The van der Waals surface area contributed by atoms with Gasteiger partial charge in [0.1, 0.15) is 5.82 Å². The third kappa shape index (κ3) is 2.68. The van der Waals surface area contributed by atoms with Crippen LogP contribution in [0.3, 0.4) is 0 Å². The highest BCUT2D eigenvalue weighted by molar-refractivity contribution is 7.98. The largest absolute Gasteiger partial charge is 0.411 e. The molecule has 0 fully saturated rings. The van der Waals surface area contributed by atoms with Gasteiger partial charge in [-0.1, -0.05) is 30.0 Å². The molecule has 0 amide bonds. The number of hydrogen-bond acceptors (Lipinski definition) is 5. The van der Waals surface area contributed by atoms with Crippen molar-refractivity contribution in [2.75, 3.05) is 0 Å². The Morgan fingerprint density at radius 1 is 1.21 bits per heavy atom. The molecule has 1 aromatic carbocycles. The second-order valence-corrected chi connectivity index (χ2v) is 4.91. The third-order valence-electron chi connectivity index (χ3n) is 2.67. The smallest absolute Gasteiger partial charge is 0.277 e. The van der Waals surface area contributed by atoms with Crippen LogP contribution in [-0.2, 0) is 12.8 Å². The first kappa shape index (κ1) is 12.0. The van der Waals surface area contributed by atoms with E-state index in [1.165, 1.54) is 11.8 Å². The molecule has 3 aromatic rings. The highest BCUT2D eigenvalue weighted by atomic mass is 32.2. The topological polar surface area (TPSA) is 56.7 Å². The molecule has 0 aliphatic heterocycles. The normalized spacial score (nSPS) is 10.8. The number of imidazole rings is 1. The van der Waals surface area contributed by atoms with Gasteiger partial charge >= 0.3 is 0 Å². The molecule has 3 rings (SSSR count). The Balaban J connectivity index is 1.70. The molecule has 0 aliphatic carbocycles. The van der Waals surface area contributed by atoms with Crippen LogP contribution in [0.4, 0.5) is 0 Å². The van der Waals surface area contributed by atoms with Gasteiger partial charge in [0.25, 0.3) is 5.22 Å². The molecular formula is C13H12N4OS. The van der Waals surface area contributed by atoms with Crippen molar-refractivity contribution in [1.29, 1.82) is 0 Å². The second kappa shape index (κ2) is 5.27. The summed E-state index contributed by atoms with van der Waals surface area (Å²) in [7, 11) is 1.96. The lowest BCUT2D eigenvalue weighted by atomic mass is 10.2. The van der Waals surface area contributed by atoms with Crippen molar-refractivity contribution >= 4 is 11.8 Å². The molecule has 0 saturated heterocycles. The van der Waals surface area contributed by atoms with E-state index in [4.69, 9.17) is 4.42 Å². The molecule has 96 valence electrons. The van der Waals surface area contributed by atoms with Crippen molar-refractivity contribution in [1.82, 2.24) is 19.7 Å². The van der Waals surface area contributed by atoms with Crippen LogP contribution in [0.2, 0.25) is 0 Å². The molecule has 0 aliphatic rings. The van der Waals surface area contributed by atoms with Crippen LogP contribution in [0.1, 0.15) is 5.82 Å². The first-order chi connectivity index (χ1) is 9.33. The standard InChI is InChI=1S/C13H12N4OS/c1-17-8-7-14-11(17)9-19-13-16-15-12(18-13)10-5-3-2-4-6-10/h2-8H,9H2,1H3. The van der Waals surface area contributed by atoms with Gasteiger partial charge in [0.2, 0.25) is 5.89 Å². The maximum Gasteiger partial charge on any atom is 0.277 e. The van der Waals surface area contributed by atoms with Gasteiger partial charge in [-0.15, -0.1) is 10.2 Å². The number of benzene rings is 1. The van der Waals surface area contributed by atoms with Gasteiger partial charge in [-0.3, -0.25) is 0 Å². The summed E-state index contributed by atoms with van der Waals surface area (Å²) in [5.41, 5.74) is 0.929. The first-order valence-corrected chi connectivity index (χ1v) is 6.79. The fourth-order valence-electron chi connectivity index (χ4n) is 1.63. The highest BCUT2D eigenvalue weighted by Crippen LogP contribution is 2.24. The molecule has 2 heterocycles. The van der Waals surface area contributed by atoms with Gasteiger partial charge in [0.15, 0.2) is 0 Å². The summed E-state index contributed by atoms with van der Waals surface area (Å²) in [5, 5.41) is 8.63. The van der Waals surface area contributed by atoms with Crippen LogP contribution in [0, 0.1) is 0 Å². The number of aryl methyl sites for hydroxylation is 1. The zero-order valence-electron chi connectivity index (χ0n) is 10.4. The fourth-order valence-corrected chi connectivity index (χ4v) is 2.39. The molecule has 5 nitrogen and oxygen atoms in total. The number of rotatable bonds is 4. The third-order valence-corrected chi connectivity index (χ3v) is 3.49. The van der Waals surface area contributed by atoms with Crippen LogP contribution in [0.15, 0.2) is 52.4 Å². The predicted molar refractivity (Wildman–Crippen MR) is 72.5 cm³/mol. The van der Waals surface area contributed by atoms with Crippen LogP contribution in [0.25, 0.3) is 11.5 Å². The number of hydrogen-bond donors (Lipinski definition) is 0. The zero-order valence-corrected chi connectivity index (χ0v) is 11.2. The maximum atomic E-state index is 5.61. The van der Waals surface area contributed by atoms with Crippen molar-refractivity contribution in [3.8, 4) is 11.5 Å². The zero-order chi connectivity index (χ0) is 13.1. The van der Waals surface area contributed by atoms with Crippen molar-refractivity contribution in [3.05, 3.63) is 48.5 Å². The molecule has 0 unspecified atom stereocenters. The molecule has 0 radical (unpaired) electrons. The Morgan fingerprint density at radius 2 is 2.05 bits per heavy atom. The molecule has 0 N–H and O–H groups in total. The summed E-state index contributed by atoms with van der Waals surface area (Å²) >= 11 is 1.48. The molecule has 0 spiro atoms. The van der Waals surface area contributed by atoms with E-state index in [-0.39, 0.29) is 0 Å². The number of nitrogens with zero attached hydrogens (tertiary/aromatic N) is 4. The second-order valence-electron chi connectivity index (χ2n) is 3.98. The van der Waals surface area contributed by atoms with E-state index >= 15 is 0 Å². The lowest BCUT2D eigenvalue weighted by molar-refractivity contribution is 0.465. The van der Waals surface area contributed by atoms with Gasteiger partial charge in [-0.2, -0.15) is 0 Å². The Hall–Kier alpha value is -2.08. The first-order valence-electron chi connectivity index (χ1n) is 5.81. The van der Waals surface area contributed by atoms with Crippen LogP contribution in [-0.4, -0.2) is 19.7 Å². The summed E-state index contributed by atoms with van der Waals surface area (Å²) < 4.78 is 7.59. The van der Waals surface area contributed by atoms with E-state index in [9.17, 15) is 0 Å². The maximum absolute atomic E-state index is 5.61. The van der Waals surface area contributed by atoms with E-state index in [2.05, 4.69) is 15.2 Å². The summed E-state index contributed by atoms with van der Waals surface area (Å²) in [5.74, 6) is 2.23. The van der Waals surface area contributed by atoms with E-state index in [1.54, 1.807) is 6.20 Å². The van der Waals surface area contributed by atoms with Crippen LogP contribution in [0.5, 0.6) is 0 Å². The van der Waals surface area contributed by atoms with E-state index in [0.717, 1.165) is 11.4 Å². The van der Waals surface area contributed by atoms with Crippen molar-refractivity contribution in [3.63, 3.8) is 0 Å². The van der Waals surface area contributed by atoms with E-state index < -0.39 is 0 Å².